The predicted octanol–water partition coefficient (Wildman–Crippen LogP) is 5.31. The number of hydrogen-bond donors (Lipinski definition) is 1. The summed E-state index contributed by atoms with van der Waals surface area (Å²) in [4.78, 5) is 12.7. The smallest absolute Gasteiger partial charge is 0.268 e. The molecule has 0 fully saturated rings. The molecule has 156 valence electrons. The van der Waals surface area contributed by atoms with Crippen LogP contribution in [0.3, 0.4) is 0 Å². The molecule has 0 saturated heterocycles. The van der Waals surface area contributed by atoms with E-state index in [9.17, 15) is 13.2 Å². The van der Waals surface area contributed by atoms with E-state index in [0.29, 0.717) is 15.6 Å². The fourth-order valence-corrected chi connectivity index (χ4v) is 4.38. The van der Waals surface area contributed by atoms with Gasteiger partial charge in [-0.2, -0.15) is 0 Å². The number of amides is 1. The molecule has 0 bridgehead atoms. The number of hydrogen-bond acceptors (Lipinski definition) is 4. The van der Waals surface area contributed by atoms with E-state index in [0.717, 1.165) is 11.1 Å². The van der Waals surface area contributed by atoms with Crippen molar-refractivity contribution in [2.75, 3.05) is 0 Å². The van der Waals surface area contributed by atoms with Crippen LogP contribution in [-0.4, -0.2) is 14.3 Å². The van der Waals surface area contributed by atoms with Crippen LogP contribution in [-0.2, 0) is 16.6 Å². The zero-order chi connectivity index (χ0) is 21.9. The highest BCUT2D eigenvalue weighted by Crippen LogP contribution is 2.25. The Labute approximate surface area is 185 Å². The lowest BCUT2D eigenvalue weighted by Gasteiger charge is -2.14. The fraction of sp³-hybridized carbons (Fsp3) is 0.136. The summed E-state index contributed by atoms with van der Waals surface area (Å²) in [5, 5.41) is 0.906. The highest BCUT2D eigenvalue weighted by molar-refractivity contribution is 7.90. The highest BCUT2D eigenvalue weighted by atomic mass is 35.5. The second-order valence-corrected chi connectivity index (χ2v) is 9.21. The van der Waals surface area contributed by atoms with Gasteiger partial charge in [0.2, 0.25) is 0 Å². The molecule has 0 heterocycles. The lowest BCUT2D eigenvalue weighted by atomic mass is 10.1. The molecule has 0 radical (unpaired) electrons. The Kier molecular flexibility index (Phi) is 6.71. The Hall–Kier alpha value is -2.54. The lowest BCUT2D eigenvalue weighted by Crippen LogP contribution is -2.31. The summed E-state index contributed by atoms with van der Waals surface area (Å²) in [6.07, 6.45) is 0. The van der Waals surface area contributed by atoms with Crippen LogP contribution in [0.1, 0.15) is 27.0 Å². The van der Waals surface area contributed by atoms with Gasteiger partial charge in [0, 0.05) is 10.0 Å². The van der Waals surface area contributed by atoms with Crippen molar-refractivity contribution in [2.45, 2.75) is 25.3 Å². The van der Waals surface area contributed by atoms with E-state index >= 15 is 0 Å². The minimum Gasteiger partial charge on any atom is -0.488 e. The van der Waals surface area contributed by atoms with Gasteiger partial charge in [-0.25, -0.2) is 13.1 Å². The molecular formula is C22H19Cl2NO4S. The van der Waals surface area contributed by atoms with Crippen LogP contribution in [0.15, 0.2) is 65.6 Å². The van der Waals surface area contributed by atoms with Gasteiger partial charge in [-0.05, 0) is 66.9 Å². The number of rotatable bonds is 6. The summed E-state index contributed by atoms with van der Waals surface area (Å²) in [6, 6.07) is 16.5. The maximum atomic E-state index is 12.8. The molecule has 0 spiro atoms. The number of benzene rings is 3. The number of carbonyl (C=O) groups excluding carboxylic acids is 1. The van der Waals surface area contributed by atoms with Crippen LogP contribution < -0.4 is 9.46 Å². The van der Waals surface area contributed by atoms with E-state index in [1.807, 2.05) is 19.1 Å². The molecule has 0 saturated carbocycles. The molecule has 8 heteroatoms. The molecule has 30 heavy (non-hydrogen) atoms. The molecule has 0 aliphatic rings. The average Bonchev–Trinajstić information content (AvgIpc) is 2.69. The minimum atomic E-state index is -4.11. The van der Waals surface area contributed by atoms with E-state index in [-0.39, 0.29) is 22.8 Å². The molecule has 5 nitrogen and oxygen atoms in total. The molecule has 0 aliphatic carbocycles. The molecule has 3 aromatic rings. The van der Waals surface area contributed by atoms with Crippen molar-refractivity contribution in [1.82, 2.24) is 4.72 Å². The van der Waals surface area contributed by atoms with Crippen molar-refractivity contribution >= 4 is 39.1 Å². The molecule has 1 amide bonds. The van der Waals surface area contributed by atoms with E-state index in [1.54, 1.807) is 37.3 Å². The topological polar surface area (TPSA) is 72.5 Å². The average molecular weight is 464 g/mol. The summed E-state index contributed by atoms with van der Waals surface area (Å²) in [5.74, 6) is -0.513. The third kappa shape index (κ3) is 5.14. The normalized spacial score (nSPS) is 11.2. The van der Waals surface area contributed by atoms with Crippen molar-refractivity contribution in [2.24, 2.45) is 0 Å². The summed E-state index contributed by atoms with van der Waals surface area (Å²) in [5.41, 5.74) is 2.20. The first-order chi connectivity index (χ1) is 14.2. The van der Waals surface area contributed by atoms with Gasteiger partial charge in [0.15, 0.2) is 0 Å². The van der Waals surface area contributed by atoms with Crippen molar-refractivity contribution in [3.63, 3.8) is 0 Å². The third-order valence-corrected chi connectivity index (χ3v) is 6.56. The number of aryl methyl sites for hydroxylation is 1. The van der Waals surface area contributed by atoms with Gasteiger partial charge in [0.1, 0.15) is 12.4 Å². The zero-order valence-electron chi connectivity index (χ0n) is 16.3. The first-order valence-electron chi connectivity index (χ1n) is 8.97. The van der Waals surface area contributed by atoms with Gasteiger partial charge < -0.3 is 4.74 Å². The Bertz CT molecular complexity index is 1190. The predicted molar refractivity (Wildman–Crippen MR) is 118 cm³/mol. The number of carbonyl (C=O) groups is 1. The highest BCUT2D eigenvalue weighted by Gasteiger charge is 2.23. The van der Waals surface area contributed by atoms with E-state index in [1.165, 1.54) is 18.2 Å². The van der Waals surface area contributed by atoms with E-state index in [4.69, 9.17) is 27.9 Å². The van der Waals surface area contributed by atoms with Crippen LogP contribution in [0, 0.1) is 13.8 Å². The minimum absolute atomic E-state index is 0.0564. The van der Waals surface area contributed by atoms with Crippen LogP contribution in [0.5, 0.6) is 5.75 Å². The Morgan fingerprint density at radius 1 is 1.00 bits per heavy atom. The van der Waals surface area contributed by atoms with Crippen molar-refractivity contribution in [1.29, 1.82) is 0 Å². The summed E-state index contributed by atoms with van der Waals surface area (Å²) in [6.45, 7) is 3.62. The van der Waals surface area contributed by atoms with Crippen LogP contribution in [0.4, 0.5) is 0 Å². The van der Waals surface area contributed by atoms with Gasteiger partial charge >= 0.3 is 0 Å². The molecule has 0 aliphatic heterocycles. The molecule has 0 atom stereocenters. The van der Waals surface area contributed by atoms with Crippen LogP contribution >= 0.6 is 23.2 Å². The van der Waals surface area contributed by atoms with Gasteiger partial charge in [-0.3, -0.25) is 4.79 Å². The number of halogens is 2. The van der Waals surface area contributed by atoms with Crippen molar-refractivity contribution in [3.05, 3.63) is 93.0 Å². The lowest BCUT2D eigenvalue weighted by molar-refractivity contribution is 0.0977. The maximum absolute atomic E-state index is 12.8. The third-order valence-electron chi connectivity index (χ3n) is 4.42. The first kappa shape index (κ1) is 22.2. The molecule has 3 rings (SSSR count). The Morgan fingerprint density at radius 3 is 2.40 bits per heavy atom. The van der Waals surface area contributed by atoms with Gasteiger partial charge in [-0.15, -0.1) is 0 Å². The van der Waals surface area contributed by atoms with Crippen LogP contribution in [0.2, 0.25) is 10.0 Å². The monoisotopic (exact) mass is 463 g/mol. The van der Waals surface area contributed by atoms with Crippen molar-refractivity contribution in [3.8, 4) is 5.75 Å². The molecular weight excluding hydrogens is 445 g/mol. The summed E-state index contributed by atoms with van der Waals surface area (Å²) >= 11 is 11.9. The summed E-state index contributed by atoms with van der Waals surface area (Å²) in [7, 11) is -4.11. The maximum Gasteiger partial charge on any atom is 0.268 e. The first-order valence-corrected chi connectivity index (χ1v) is 11.2. The number of nitrogens with one attached hydrogen (secondary N) is 1. The molecule has 0 aromatic heterocycles. The SMILES string of the molecule is Cc1ccc(C(=O)NS(=O)(=O)c2cccc(Cl)c2C)c(OCc2ccc(Cl)cc2)c1. The number of sulfonamides is 1. The Balaban J connectivity index is 1.85. The molecule has 0 unspecified atom stereocenters. The Morgan fingerprint density at radius 2 is 1.70 bits per heavy atom. The van der Waals surface area contributed by atoms with E-state index in [2.05, 4.69) is 4.72 Å². The van der Waals surface area contributed by atoms with Gasteiger partial charge in [-0.1, -0.05) is 47.5 Å². The second kappa shape index (κ2) is 9.08. The second-order valence-electron chi connectivity index (χ2n) is 6.71. The van der Waals surface area contributed by atoms with Crippen molar-refractivity contribution < 1.29 is 17.9 Å². The standard InChI is InChI=1S/C22H19Cl2NO4S/c1-14-6-11-18(20(12-14)29-13-16-7-9-17(23)10-8-16)22(26)25-30(27,28)21-5-3-4-19(24)15(21)2/h3-12H,13H2,1-2H3,(H,25,26). The number of ether oxygens (including phenoxy) is 1. The fourth-order valence-electron chi connectivity index (χ4n) is 2.79. The van der Waals surface area contributed by atoms with E-state index < -0.39 is 15.9 Å². The quantitative estimate of drug-likeness (QED) is 0.537. The van der Waals surface area contributed by atoms with Gasteiger partial charge in [0.05, 0.1) is 10.5 Å². The molecule has 3 aromatic carbocycles. The molecule has 1 N–H and O–H groups in total. The van der Waals surface area contributed by atoms with Gasteiger partial charge in [0.25, 0.3) is 15.9 Å². The largest absolute Gasteiger partial charge is 0.488 e. The van der Waals surface area contributed by atoms with Crippen LogP contribution in [0.25, 0.3) is 0 Å². The summed E-state index contributed by atoms with van der Waals surface area (Å²) < 4.78 is 33.4. The zero-order valence-corrected chi connectivity index (χ0v) is 18.6.